The van der Waals surface area contributed by atoms with Crippen LogP contribution in [0.4, 0.5) is 10.6 Å². The molecule has 0 unspecified atom stereocenters. The van der Waals surface area contributed by atoms with E-state index in [4.69, 9.17) is 16.3 Å². The van der Waals surface area contributed by atoms with Gasteiger partial charge in [0.05, 0.1) is 11.4 Å². The van der Waals surface area contributed by atoms with Crippen LogP contribution in [0.25, 0.3) is 11.0 Å². The van der Waals surface area contributed by atoms with Gasteiger partial charge in [0.15, 0.2) is 0 Å². The second kappa shape index (κ2) is 7.55. The van der Waals surface area contributed by atoms with Crippen LogP contribution in [0, 0.1) is 5.92 Å². The number of nitrogens with zero attached hydrogens (tertiary/aromatic N) is 4. The van der Waals surface area contributed by atoms with Crippen molar-refractivity contribution in [3.63, 3.8) is 0 Å². The summed E-state index contributed by atoms with van der Waals surface area (Å²) in [5.41, 5.74) is 1.72. The predicted octanol–water partition coefficient (Wildman–Crippen LogP) is 3.85. The van der Waals surface area contributed by atoms with Gasteiger partial charge in [-0.15, -0.1) is 0 Å². The number of hydrogen-bond donors (Lipinski definition) is 1. The Hall–Kier alpha value is -2.80. The van der Waals surface area contributed by atoms with E-state index < -0.39 is 0 Å². The van der Waals surface area contributed by atoms with Gasteiger partial charge in [-0.2, -0.15) is 9.97 Å². The van der Waals surface area contributed by atoms with Gasteiger partial charge in [-0.25, -0.2) is 4.79 Å². The standard InChI is InChI=1S/C21H22ClN5O2/c22-20-24-18-16(6-9-23-18)19(25-20)27-11-8-15-7-10-26(12-17(15)27)21(28)29-13-14-4-2-1-3-5-14/h1-6,9,15,17H,7-8,10-13H2,(H,23,24,25)/t15-,17-/m1/s1. The van der Waals surface area contributed by atoms with Gasteiger partial charge in [0.1, 0.15) is 18.1 Å². The molecular formula is C21H22ClN5O2. The van der Waals surface area contributed by atoms with Crippen LogP contribution in [0.1, 0.15) is 18.4 Å². The number of aromatic nitrogens is 3. The third-order valence-electron chi connectivity index (χ3n) is 5.97. The van der Waals surface area contributed by atoms with Crippen molar-refractivity contribution in [1.29, 1.82) is 0 Å². The fraction of sp³-hybridized carbons (Fsp3) is 0.381. The second-order valence-electron chi connectivity index (χ2n) is 7.64. The number of piperidine rings is 1. The fourth-order valence-corrected chi connectivity index (χ4v) is 4.66. The molecule has 2 aliphatic heterocycles. The predicted molar refractivity (Wildman–Crippen MR) is 111 cm³/mol. The molecule has 0 bridgehead atoms. The van der Waals surface area contributed by atoms with E-state index in [1.165, 1.54) is 0 Å². The number of nitrogens with one attached hydrogen (secondary N) is 1. The lowest BCUT2D eigenvalue weighted by atomic mass is 9.92. The van der Waals surface area contributed by atoms with E-state index in [0.29, 0.717) is 19.1 Å². The van der Waals surface area contributed by atoms with Crippen molar-refractivity contribution >= 4 is 34.5 Å². The van der Waals surface area contributed by atoms with Crippen molar-refractivity contribution in [2.45, 2.75) is 25.5 Å². The number of fused-ring (bicyclic) bond motifs is 2. The van der Waals surface area contributed by atoms with Gasteiger partial charge < -0.3 is 19.5 Å². The lowest BCUT2D eigenvalue weighted by Crippen LogP contribution is -2.50. The van der Waals surface area contributed by atoms with E-state index >= 15 is 0 Å². The van der Waals surface area contributed by atoms with Crippen LogP contribution >= 0.6 is 11.6 Å². The Balaban J connectivity index is 1.32. The first kappa shape index (κ1) is 18.2. The first-order chi connectivity index (χ1) is 14.2. The van der Waals surface area contributed by atoms with Crippen LogP contribution in [0.5, 0.6) is 0 Å². The molecule has 29 heavy (non-hydrogen) atoms. The number of H-pyrrole nitrogens is 1. The summed E-state index contributed by atoms with van der Waals surface area (Å²) in [6.07, 6.45) is 3.65. The van der Waals surface area contributed by atoms with Crippen LogP contribution in [0.2, 0.25) is 5.28 Å². The highest BCUT2D eigenvalue weighted by molar-refractivity contribution is 6.28. The van der Waals surface area contributed by atoms with Gasteiger partial charge in [0.25, 0.3) is 0 Å². The number of aromatic amines is 1. The lowest BCUT2D eigenvalue weighted by Gasteiger charge is -2.38. The van der Waals surface area contributed by atoms with Crippen molar-refractivity contribution in [2.24, 2.45) is 5.92 Å². The summed E-state index contributed by atoms with van der Waals surface area (Å²) in [6.45, 7) is 2.55. The minimum Gasteiger partial charge on any atom is -0.445 e. The zero-order valence-electron chi connectivity index (χ0n) is 15.9. The molecule has 3 aromatic rings. The van der Waals surface area contributed by atoms with Crippen LogP contribution < -0.4 is 4.90 Å². The molecule has 2 aromatic heterocycles. The number of rotatable bonds is 3. The highest BCUT2D eigenvalue weighted by Crippen LogP contribution is 2.37. The molecule has 0 radical (unpaired) electrons. The molecule has 5 rings (SSSR count). The Morgan fingerprint density at radius 2 is 2.00 bits per heavy atom. The number of hydrogen-bond acceptors (Lipinski definition) is 5. The van der Waals surface area contributed by atoms with Gasteiger partial charge >= 0.3 is 6.09 Å². The normalized spacial score (nSPS) is 21.4. The molecule has 1 amide bonds. The van der Waals surface area contributed by atoms with Crippen molar-refractivity contribution in [3.05, 3.63) is 53.4 Å². The molecule has 0 aliphatic carbocycles. The van der Waals surface area contributed by atoms with Crippen LogP contribution in [0.3, 0.4) is 0 Å². The second-order valence-corrected chi connectivity index (χ2v) is 7.98. The summed E-state index contributed by atoms with van der Waals surface area (Å²) in [5.74, 6) is 1.38. The van der Waals surface area contributed by atoms with E-state index in [-0.39, 0.29) is 17.4 Å². The van der Waals surface area contributed by atoms with Crippen LogP contribution in [-0.4, -0.2) is 51.6 Å². The Bertz CT molecular complexity index is 1020. The fourth-order valence-electron chi connectivity index (χ4n) is 4.50. The van der Waals surface area contributed by atoms with E-state index in [9.17, 15) is 4.79 Å². The third kappa shape index (κ3) is 3.51. The Kier molecular flexibility index (Phi) is 4.75. The molecule has 8 heteroatoms. The summed E-state index contributed by atoms with van der Waals surface area (Å²) in [4.78, 5) is 28.6. The Morgan fingerprint density at radius 1 is 1.17 bits per heavy atom. The number of halogens is 1. The van der Waals surface area contributed by atoms with Crippen LogP contribution in [-0.2, 0) is 11.3 Å². The largest absolute Gasteiger partial charge is 0.445 e. The van der Waals surface area contributed by atoms with Crippen molar-refractivity contribution < 1.29 is 9.53 Å². The van der Waals surface area contributed by atoms with Gasteiger partial charge in [-0.3, -0.25) is 0 Å². The maximum absolute atomic E-state index is 12.7. The molecule has 0 saturated carbocycles. The maximum Gasteiger partial charge on any atom is 0.410 e. The zero-order valence-corrected chi connectivity index (χ0v) is 16.7. The molecule has 2 atom stereocenters. The van der Waals surface area contributed by atoms with Gasteiger partial charge in [-0.1, -0.05) is 30.3 Å². The smallest absolute Gasteiger partial charge is 0.410 e. The summed E-state index contributed by atoms with van der Waals surface area (Å²) >= 11 is 6.16. The van der Waals surface area contributed by atoms with E-state index in [2.05, 4.69) is 19.9 Å². The molecule has 0 spiro atoms. The highest BCUT2D eigenvalue weighted by atomic mass is 35.5. The van der Waals surface area contributed by atoms with Crippen molar-refractivity contribution in [2.75, 3.05) is 24.5 Å². The van der Waals surface area contributed by atoms with Crippen molar-refractivity contribution in [3.8, 4) is 0 Å². The topological polar surface area (TPSA) is 74.3 Å². The van der Waals surface area contributed by atoms with E-state index in [1.54, 1.807) is 0 Å². The average molecular weight is 412 g/mol. The average Bonchev–Trinajstić information content (AvgIpc) is 3.38. The molecule has 7 nitrogen and oxygen atoms in total. The quantitative estimate of drug-likeness (QED) is 0.662. The first-order valence-electron chi connectivity index (χ1n) is 9.92. The summed E-state index contributed by atoms with van der Waals surface area (Å²) in [6, 6.07) is 11.9. The summed E-state index contributed by atoms with van der Waals surface area (Å²) < 4.78 is 5.55. The Labute approximate surface area is 173 Å². The minimum atomic E-state index is -0.258. The minimum absolute atomic E-state index is 0.206. The molecule has 2 saturated heterocycles. The molecule has 4 heterocycles. The summed E-state index contributed by atoms with van der Waals surface area (Å²) in [5, 5.41) is 1.19. The molecule has 2 aliphatic rings. The number of anilines is 1. The van der Waals surface area contributed by atoms with E-state index in [0.717, 1.165) is 48.3 Å². The maximum atomic E-state index is 12.7. The number of carbonyl (C=O) groups is 1. The zero-order chi connectivity index (χ0) is 19.8. The summed E-state index contributed by atoms with van der Waals surface area (Å²) in [7, 11) is 0. The van der Waals surface area contributed by atoms with Gasteiger partial charge in [-0.05, 0) is 42.0 Å². The molecule has 2 fully saturated rings. The number of amides is 1. The third-order valence-corrected chi connectivity index (χ3v) is 6.14. The first-order valence-corrected chi connectivity index (χ1v) is 10.3. The monoisotopic (exact) mass is 411 g/mol. The molecule has 1 aromatic carbocycles. The van der Waals surface area contributed by atoms with Gasteiger partial charge in [0.2, 0.25) is 5.28 Å². The molecule has 1 N–H and O–H groups in total. The number of carbonyl (C=O) groups excluding carboxylic acids is 1. The molecule has 150 valence electrons. The Morgan fingerprint density at radius 3 is 2.86 bits per heavy atom. The van der Waals surface area contributed by atoms with Crippen molar-refractivity contribution in [1.82, 2.24) is 19.9 Å². The SMILES string of the molecule is O=C(OCc1ccccc1)N1CC[C@@H]2CCN(c3nc(Cl)nc4[nH]ccc34)[C@@H]2C1. The molecular weight excluding hydrogens is 390 g/mol. The highest BCUT2D eigenvalue weighted by Gasteiger charge is 2.41. The van der Waals surface area contributed by atoms with Crippen LogP contribution in [0.15, 0.2) is 42.6 Å². The van der Waals surface area contributed by atoms with Gasteiger partial charge in [0, 0.05) is 25.8 Å². The lowest BCUT2D eigenvalue weighted by molar-refractivity contribution is 0.0800. The number of ether oxygens (including phenoxy) is 1. The number of likely N-dealkylation sites (tertiary alicyclic amines) is 1. The van der Waals surface area contributed by atoms with E-state index in [1.807, 2.05) is 47.5 Å². The number of benzene rings is 1.